The van der Waals surface area contributed by atoms with Crippen molar-refractivity contribution in [3.63, 3.8) is 0 Å². The number of likely N-dealkylation sites (tertiary alicyclic amines) is 1. The van der Waals surface area contributed by atoms with Crippen molar-refractivity contribution in [3.8, 4) is 0 Å². The molecule has 1 fully saturated rings. The molecule has 1 heterocycles. The molecule has 3 nitrogen and oxygen atoms in total. The molecule has 0 radical (unpaired) electrons. The van der Waals surface area contributed by atoms with Crippen molar-refractivity contribution in [2.24, 2.45) is 5.92 Å². The first-order valence-electron chi connectivity index (χ1n) is 8.89. The van der Waals surface area contributed by atoms with Gasteiger partial charge in [0.2, 0.25) is 0 Å². The highest BCUT2D eigenvalue weighted by Crippen LogP contribution is 2.35. The summed E-state index contributed by atoms with van der Waals surface area (Å²) >= 11 is 0. The first kappa shape index (κ1) is 18.4. The fourth-order valence-corrected chi connectivity index (χ4v) is 3.43. The monoisotopic (exact) mass is 357 g/mol. The molecule has 0 spiro atoms. The van der Waals surface area contributed by atoms with Crippen LogP contribution in [0.2, 0.25) is 0 Å². The van der Waals surface area contributed by atoms with E-state index < -0.39 is 11.6 Å². The number of nitrogens with one attached hydrogen (secondary N) is 2. The maximum absolute atomic E-state index is 13.4. The minimum atomic E-state index is -0.865. The molecule has 2 N–H and O–H groups in total. The van der Waals surface area contributed by atoms with Crippen molar-refractivity contribution in [1.29, 1.82) is 0 Å². The number of hydrogen-bond acceptors (Lipinski definition) is 3. The molecule has 0 amide bonds. The summed E-state index contributed by atoms with van der Waals surface area (Å²) in [5.41, 5.74) is 4.55. The Kier molecular flexibility index (Phi) is 5.57. The lowest BCUT2D eigenvalue weighted by molar-refractivity contribution is 0.248. The van der Waals surface area contributed by atoms with Crippen LogP contribution in [0, 0.1) is 17.6 Å². The first-order valence-corrected chi connectivity index (χ1v) is 8.89. The molecule has 1 aliphatic heterocycles. The number of piperidine rings is 1. The second-order valence-corrected chi connectivity index (χ2v) is 6.87. The molecule has 0 saturated carbocycles. The molecule has 0 aliphatic carbocycles. The summed E-state index contributed by atoms with van der Waals surface area (Å²) < 4.78 is 26.5. The van der Waals surface area contributed by atoms with Gasteiger partial charge in [-0.3, -0.25) is 0 Å². The zero-order valence-electron chi connectivity index (χ0n) is 15.3. The Morgan fingerprint density at radius 2 is 1.69 bits per heavy atom. The maximum atomic E-state index is 13.4. The van der Waals surface area contributed by atoms with Gasteiger partial charge in [0.05, 0.1) is 0 Å². The highest BCUT2D eigenvalue weighted by molar-refractivity contribution is 5.79. The van der Waals surface area contributed by atoms with E-state index in [9.17, 15) is 8.78 Å². The second-order valence-electron chi connectivity index (χ2n) is 6.87. The van der Waals surface area contributed by atoms with Gasteiger partial charge in [-0.15, -0.1) is 0 Å². The number of benzene rings is 2. The summed E-state index contributed by atoms with van der Waals surface area (Å²) in [4.78, 5) is 2.34. The predicted molar refractivity (Wildman–Crippen MR) is 105 cm³/mol. The van der Waals surface area contributed by atoms with E-state index in [0.29, 0.717) is 11.6 Å². The molecule has 0 aromatic heterocycles. The van der Waals surface area contributed by atoms with Gasteiger partial charge in [0.1, 0.15) is 0 Å². The predicted octanol–water partition coefficient (Wildman–Crippen LogP) is 5.11. The third kappa shape index (κ3) is 4.05. The molecule has 0 atom stereocenters. The molecule has 3 rings (SSSR count). The molecule has 0 bridgehead atoms. The van der Waals surface area contributed by atoms with Gasteiger partial charge in [0, 0.05) is 35.7 Å². The molecule has 26 heavy (non-hydrogen) atoms. The van der Waals surface area contributed by atoms with Crippen molar-refractivity contribution in [2.75, 3.05) is 37.8 Å². The van der Waals surface area contributed by atoms with E-state index in [2.05, 4.69) is 29.2 Å². The highest BCUT2D eigenvalue weighted by atomic mass is 19.2. The van der Waals surface area contributed by atoms with Crippen molar-refractivity contribution in [2.45, 2.75) is 12.8 Å². The highest BCUT2D eigenvalue weighted by Gasteiger charge is 2.21. The minimum absolute atomic E-state index is 0.489. The smallest absolute Gasteiger partial charge is 0.160 e. The van der Waals surface area contributed by atoms with E-state index in [1.165, 1.54) is 6.07 Å². The SMILES string of the molecule is C=C(c1ccc(Nc2ccc(F)c(F)c2)cc1NC)C1CCN(C)CC1. The van der Waals surface area contributed by atoms with Crippen LogP contribution in [0.1, 0.15) is 18.4 Å². The zero-order chi connectivity index (χ0) is 18.7. The van der Waals surface area contributed by atoms with Gasteiger partial charge >= 0.3 is 0 Å². The molecule has 5 heteroatoms. The van der Waals surface area contributed by atoms with Gasteiger partial charge < -0.3 is 15.5 Å². The van der Waals surface area contributed by atoms with Crippen LogP contribution < -0.4 is 10.6 Å². The van der Waals surface area contributed by atoms with Crippen LogP contribution >= 0.6 is 0 Å². The van der Waals surface area contributed by atoms with Crippen LogP contribution in [-0.4, -0.2) is 32.1 Å². The second kappa shape index (κ2) is 7.87. The molecule has 1 aliphatic rings. The molecule has 2 aromatic carbocycles. The van der Waals surface area contributed by atoms with E-state index in [-0.39, 0.29) is 0 Å². The van der Waals surface area contributed by atoms with Gasteiger partial charge in [0.25, 0.3) is 0 Å². The largest absolute Gasteiger partial charge is 0.388 e. The number of halogens is 2. The maximum Gasteiger partial charge on any atom is 0.160 e. The van der Waals surface area contributed by atoms with Gasteiger partial charge in [-0.1, -0.05) is 12.6 Å². The lowest BCUT2D eigenvalue weighted by atomic mass is 9.85. The van der Waals surface area contributed by atoms with Crippen molar-refractivity contribution in [3.05, 3.63) is 60.2 Å². The summed E-state index contributed by atoms with van der Waals surface area (Å²) in [5.74, 6) is -1.23. The Morgan fingerprint density at radius 3 is 2.35 bits per heavy atom. The summed E-state index contributed by atoms with van der Waals surface area (Å²) in [6, 6.07) is 9.73. The fraction of sp³-hybridized carbons (Fsp3) is 0.333. The molecule has 2 aromatic rings. The molecule has 0 unspecified atom stereocenters. The van der Waals surface area contributed by atoms with Crippen LogP contribution in [0.4, 0.5) is 25.8 Å². The van der Waals surface area contributed by atoms with Gasteiger partial charge in [-0.25, -0.2) is 8.78 Å². The first-order chi connectivity index (χ1) is 12.5. The summed E-state index contributed by atoms with van der Waals surface area (Å²) in [5, 5.41) is 6.34. The summed E-state index contributed by atoms with van der Waals surface area (Å²) in [6.07, 6.45) is 2.24. The Labute approximate surface area is 153 Å². The molecular weight excluding hydrogens is 332 g/mol. The van der Waals surface area contributed by atoms with E-state index in [0.717, 1.165) is 60.6 Å². The van der Waals surface area contributed by atoms with Crippen LogP contribution in [-0.2, 0) is 0 Å². The third-order valence-corrected chi connectivity index (χ3v) is 5.05. The Bertz CT molecular complexity index is 796. The fourth-order valence-electron chi connectivity index (χ4n) is 3.43. The van der Waals surface area contributed by atoms with Crippen molar-refractivity contribution < 1.29 is 8.78 Å². The zero-order valence-corrected chi connectivity index (χ0v) is 15.3. The van der Waals surface area contributed by atoms with E-state index in [1.807, 2.05) is 25.2 Å². The topological polar surface area (TPSA) is 27.3 Å². The van der Waals surface area contributed by atoms with Crippen LogP contribution in [0.3, 0.4) is 0 Å². The number of rotatable bonds is 5. The lowest BCUT2D eigenvalue weighted by Crippen LogP contribution is -2.30. The van der Waals surface area contributed by atoms with Gasteiger partial charge in [-0.05, 0) is 68.7 Å². The van der Waals surface area contributed by atoms with E-state index in [4.69, 9.17) is 0 Å². The number of hydrogen-bond donors (Lipinski definition) is 2. The quantitative estimate of drug-likeness (QED) is 0.779. The van der Waals surface area contributed by atoms with Crippen LogP contribution in [0.25, 0.3) is 5.57 Å². The summed E-state index contributed by atoms with van der Waals surface area (Å²) in [6.45, 7) is 6.53. The average molecular weight is 357 g/mol. The van der Waals surface area contributed by atoms with E-state index in [1.54, 1.807) is 0 Å². The molecule has 138 valence electrons. The Balaban J connectivity index is 1.78. The Morgan fingerprint density at radius 1 is 1.04 bits per heavy atom. The number of nitrogens with zero attached hydrogens (tertiary/aromatic N) is 1. The van der Waals surface area contributed by atoms with E-state index >= 15 is 0 Å². The number of anilines is 3. The standard InChI is InChI=1S/C21H25F2N3/c1-14(15-8-10-26(3)11-9-15)18-6-4-17(13-21(18)24-2)25-16-5-7-19(22)20(23)12-16/h4-7,12-13,15,24-25H,1,8-11H2,2-3H3. The Hall–Kier alpha value is -2.40. The third-order valence-electron chi connectivity index (χ3n) is 5.05. The minimum Gasteiger partial charge on any atom is -0.388 e. The van der Waals surface area contributed by atoms with Crippen molar-refractivity contribution >= 4 is 22.6 Å². The average Bonchev–Trinajstić information content (AvgIpc) is 2.64. The molecular formula is C21H25F2N3. The summed E-state index contributed by atoms with van der Waals surface area (Å²) in [7, 11) is 4.03. The van der Waals surface area contributed by atoms with Crippen LogP contribution in [0.15, 0.2) is 43.0 Å². The number of allylic oxidation sites excluding steroid dienone is 1. The van der Waals surface area contributed by atoms with Gasteiger partial charge in [-0.2, -0.15) is 0 Å². The van der Waals surface area contributed by atoms with Crippen molar-refractivity contribution in [1.82, 2.24) is 4.90 Å². The van der Waals surface area contributed by atoms with Crippen LogP contribution in [0.5, 0.6) is 0 Å². The molecule has 1 saturated heterocycles. The lowest BCUT2D eigenvalue weighted by Gasteiger charge is -2.31. The normalized spacial score (nSPS) is 15.7. The van der Waals surface area contributed by atoms with Gasteiger partial charge in [0.15, 0.2) is 11.6 Å².